The van der Waals surface area contributed by atoms with Crippen LogP contribution in [0.3, 0.4) is 0 Å². The molecule has 0 heterocycles. The molecule has 2 N–H and O–H groups in total. The summed E-state index contributed by atoms with van der Waals surface area (Å²) in [5.41, 5.74) is 0. The van der Waals surface area contributed by atoms with Crippen LogP contribution in [0, 0.1) is 5.92 Å². The second-order valence-electron chi connectivity index (χ2n) is 6.69. The van der Waals surface area contributed by atoms with E-state index in [0.717, 1.165) is 25.0 Å². The van der Waals surface area contributed by atoms with Gasteiger partial charge in [-0.3, -0.25) is 0 Å². The Morgan fingerprint density at radius 3 is 2.60 bits per heavy atom. The molecule has 2 amide bonds. The Bertz CT molecular complexity index is 305. The number of amides is 2. The Morgan fingerprint density at radius 2 is 2.00 bits per heavy atom. The zero-order valence-electron chi connectivity index (χ0n) is 13.3. The molecule has 0 aromatic heterocycles. The minimum Gasteiger partial charge on any atom is -0.393 e. The van der Waals surface area contributed by atoms with Crippen molar-refractivity contribution in [3.8, 4) is 0 Å². The number of urea groups is 1. The standard InChI is InChI=1S/C15H30N2O2S/c1-15(2,3)20-10-9-16-14(19)17(4)11-12-7-5-6-8-13(12)18/h12-13,18H,5-11H2,1-4H3,(H,16,19). The number of thioether (sulfide) groups is 1. The van der Waals surface area contributed by atoms with E-state index in [9.17, 15) is 9.90 Å². The van der Waals surface area contributed by atoms with Gasteiger partial charge in [-0.15, -0.1) is 0 Å². The van der Waals surface area contributed by atoms with Gasteiger partial charge in [-0.2, -0.15) is 11.8 Å². The molecule has 1 aliphatic rings. The largest absolute Gasteiger partial charge is 0.393 e. The molecular formula is C15H30N2O2S. The van der Waals surface area contributed by atoms with Gasteiger partial charge in [0.25, 0.3) is 0 Å². The normalized spacial score (nSPS) is 23.4. The molecule has 2 unspecified atom stereocenters. The third-order valence-electron chi connectivity index (χ3n) is 3.64. The van der Waals surface area contributed by atoms with E-state index in [4.69, 9.17) is 0 Å². The van der Waals surface area contributed by atoms with E-state index in [1.54, 1.807) is 4.90 Å². The summed E-state index contributed by atoms with van der Waals surface area (Å²) in [6, 6.07) is -0.0303. The summed E-state index contributed by atoms with van der Waals surface area (Å²) in [4.78, 5) is 13.7. The smallest absolute Gasteiger partial charge is 0.317 e. The van der Waals surface area contributed by atoms with Crippen LogP contribution in [0.2, 0.25) is 0 Å². The highest BCUT2D eigenvalue weighted by molar-refractivity contribution is 8.00. The number of hydrogen-bond donors (Lipinski definition) is 2. The molecule has 5 heteroatoms. The lowest BCUT2D eigenvalue weighted by Crippen LogP contribution is -2.43. The summed E-state index contributed by atoms with van der Waals surface area (Å²) < 4.78 is 0.239. The van der Waals surface area contributed by atoms with Crippen LogP contribution in [-0.4, -0.2) is 52.8 Å². The third kappa shape index (κ3) is 6.84. The topological polar surface area (TPSA) is 52.6 Å². The molecule has 20 heavy (non-hydrogen) atoms. The molecule has 1 saturated carbocycles. The monoisotopic (exact) mass is 302 g/mol. The fraction of sp³-hybridized carbons (Fsp3) is 0.933. The lowest BCUT2D eigenvalue weighted by Gasteiger charge is -2.31. The van der Waals surface area contributed by atoms with Crippen molar-refractivity contribution in [2.45, 2.75) is 57.3 Å². The molecule has 0 radical (unpaired) electrons. The molecular weight excluding hydrogens is 272 g/mol. The van der Waals surface area contributed by atoms with Gasteiger partial charge < -0.3 is 15.3 Å². The average molecular weight is 302 g/mol. The van der Waals surface area contributed by atoms with Crippen molar-refractivity contribution in [1.29, 1.82) is 0 Å². The van der Waals surface area contributed by atoms with Gasteiger partial charge in [-0.1, -0.05) is 33.6 Å². The molecule has 0 aliphatic heterocycles. The van der Waals surface area contributed by atoms with Crippen LogP contribution in [0.25, 0.3) is 0 Å². The molecule has 2 atom stereocenters. The maximum Gasteiger partial charge on any atom is 0.317 e. The van der Waals surface area contributed by atoms with E-state index in [1.165, 1.54) is 6.42 Å². The van der Waals surface area contributed by atoms with Crippen molar-refractivity contribution in [3.63, 3.8) is 0 Å². The molecule has 0 spiro atoms. The summed E-state index contributed by atoms with van der Waals surface area (Å²) in [6.07, 6.45) is 3.94. The first-order valence-electron chi connectivity index (χ1n) is 7.60. The average Bonchev–Trinajstić information content (AvgIpc) is 2.36. The first-order chi connectivity index (χ1) is 9.29. The quantitative estimate of drug-likeness (QED) is 0.768. The van der Waals surface area contributed by atoms with E-state index in [0.29, 0.717) is 13.1 Å². The van der Waals surface area contributed by atoms with E-state index >= 15 is 0 Å². The fourth-order valence-electron chi connectivity index (χ4n) is 2.49. The SMILES string of the molecule is CN(CC1CCCCC1O)C(=O)NCCSC(C)(C)C. The van der Waals surface area contributed by atoms with Gasteiger partial charge in [0.1, 0.15) is 0 Å². The lowest BCUT2D eigenvalue weighted by molar-refractivity contribution is 0.0565. The summed E-state index contributed by atoms with van der Waals surface area (Å²) in [7, 11) is 1.81. The first-order valence-corrected chi connectivity index (χ1v) is 8.59. The van der Waals surface area contributed by atoms with Crippen LogP contribution in [0.4, 0.5) is 4.79 Å². The Labute approximate surface area is 127 Å². The minimum absolute atomic E-state index is 0.0303. The molecule has 1 fully saturated rings. The predicted octanol–water partition coefficient (Wildman–Crippen LogP) is 2.71. The molecule has 0 aromatic rings. The maximum absolute atomic E-state index is 12.0. The number of nitrogens with zero attached hydrogens (tertiary/aromatic N) is 1. The second kappa shape index (κ2) is 8.13. The highest BCUT2D eigenvalue weighted by Crippen LogP contribution is 2.25. The van der Waals surface area contributed by atoms with Crippen molar-refractivity contribution >= 4 is 17.8 Å². The van der Waals surface area contributed by atoms with Crippen molar-refractivity contribution in [2.75, 3.05) is 25.9 Å². The zero-order valence-corrected chi connectivity index (χ0v) is 14.1. The van der Waals surface area contributed by atoms with Crippen LogP contribution in [0.1, 0.15) is 46.5 Å². The number of hydrogen-bond acceptors (Lipinski definition) is 3. The molecule has 118 valence electrons. The zero-order chi connectivity index (χ0) is 15.2. The van der Waals surface area contributed by atoms with Crippen LogP contribution < -0.4 is 5.32 Å². The van der Waals surface area contributed by atoms with Gasteiger partial charge in [-0.25, -0.2) is 4.79 Å². The van der Waals surface area contributed by atoms with Crippen molar-refractivity contribution in [1.82, 2.24) is 10.2 Å². The molecule has 0 aromatic carbocycles. The van der Waals surface area contributed by atoms with E-state index in [1.807, 2.05) is 18.8 Å². The van der Waals surface area contributed by atoms with Crippen LogP contribution >= 0.6 is 11.8 Å². The van der Waals surface area contributed by atoms with Crippen molar-refractivity contribution < 1.29 is 9.90 Å². The number of aliphatic hydroxyl groups is 1. The van der Waals surface area contributed by atoms with Crippen LogP contribution in [0.15, 0.2) is 0 Å². The number of carbonyl (C=O) groups is 1. The molecule has 0 saturated heterocycles. The Morgan fingerprint density at radius 1 is 1.35 bits per heavy atom. The Balaban J connectivity index is 2.21. The Kier molecular flexibility index (Phi) is 7.17. The van der Waals surface area contributed by atoms with Gasteiger partial charge in [0.2, 0.25) is 0 Å². The van der Waals surface area contributed by atoms with Crippen molar-refractivity contribution in [2.24, 2.45) is 5.92 Å². The lowest BCUT2D eigenvalue weighted by atomic mass is 9.86. The predicted molar refractivity (Wildman–Crippen MR) is 86.2 cm³/mol. The first kappa shape index (κ1) is 17.6. The summed E-state index contributed by atoms with van der Waals surface area (Å²) in [5, 5.41) is 12.9. The summed E-state index contributed by atoms with van der Waals surface area (Å²) >= 11 is 1.85. The number of carbonyl (C=O) groups excluding carboxylic acids is 1. The number of aliphatic hydroxyl groups excluding tert-OH is 1. The van der Waals surface area contributed by atoms with Gasteiger partial charge in [0.15, 0.2) is 0 Å². The molecule has 4 nitrogen and oxygen atoms in total. The van der Waals surface area contributed by atoms with Crippen molar-refractivity contribution in [3.05, 3.63) is 0 Å². The van der Waals surface area contributed by atoms with E-state index in [2.05, 4.69) is 26.1 Å². The molecule has 1 aliphatic carbocycles. The minimum atomic E-state index is -0.240. The highest BCUT2D eigenvalue weighted by Gasteiger charge is 2.25. The third-order valence-corrected chi connectivity index (χ3v) is 4.91. The van der Waals surface area contributed by atoms with Gasteiger partial charge >= 0.3 is 6.03 Å². The fourth-order valence-corrected chi connectivity index (χ4v) is 3.30. The highest BCUT2D eigenvalue weighted by atomic mass is 32.2. The van der Waals surface area contributed by atoms with Gasteiger partial charge in [0.05, 0.1) is 6.10 Å². The Hall–Kier alpha value is -0.420. The number of rotatable bonds is 5. The van der Waals surface area contributed by atoms with Crippen LogP contribution in [0.5, 0.6) is 0 Å². The van der Waals surface area contributed by atoms with Gasteiger partial charge in [-0.05, 0) is 12.8 Å². The van der Waals surface area contributed by atoms with E-state index < -0.39 is 0 Å². The molecule has 0 bridgehead atoms. The second-order valence-corrected chi connectivity index (χ2v) is 8.61. The van der Waals surface area contributed by atoms with Crippen LogP contribution in [-0.2, 0) is 0 Å². The van der Waals surface area contributed by atoms with E-state index in [-0.39, 0.29) is 22.8 Å². The summed E-state index contributed by atoms with van der Waals surface area (Å²) in [5.74, 6) is 1.17. The maximum atomic E-state index is 12.0. The molecule has 1 rings (SSSR count). The summed E-state index contributed by atoms with van der Waals surface area (Å²) in [6.45, 7) is 7.87. The van der Waals surface area contributed by atoms with Gasteiger partial charge in [0, 0.05) is 36.6 Å². The number of nitrogens with one attached hydrogen (secondary N) is 1.